The van der Waals surface area contributed by atoms with Gasteiger partial charge in [0.1, 0.15) is 0 Å². The highest BCUT2D eigenvalue weighted by atomic mass is 32.1. The van der Waals surface area contributed by atoms with Gasteiger partial charge in [-0.25, -0.2) is 0 Å². The van der Waals surface area contributed by atoms with Gasteiger partial charge in [-0.3, -0.25) is 0 Å². The molecule has 2 aromatic heterocycles. The highest BCUT2D eigenvalue weighted by molar-refractivity contribution is 7.26. The Morgan fingerprint density at radius 3 is 1.45 bits per heavy atom. The highest BCUT2D eigenvalue weighted by Crippen LogP contribution is 2.41. The Hall–Kier alpha value is -5.02. The van der Waals surface area contributed by atoms with E-state index >= 15 is 0 Å². The van der Waals surface area contributed by atoms with E-state index in [9.17, 15) is 0 Å². The van der Waals surface area contributed by atoms with Gasteiger partial charge in [-0.15, -0.1) is 22.7 Å². The van der Waals surface area contributed by atoms with Crippen LogP contribution in [0.4, 0.5) is 0 Å². The normalized spacial score (nSPS) is 11.6. The number of rotatable bonds is 4. The second kappa shape index (κ2) is 10.3. The topological polar surface area (TPSA) is 0 Å². The van der Waals surface area contributed by atoms with Crippen LogP contribution in [0.15, 0.2) is 158 Å². The molecule has 0 aliphatic rings. The average Bonchev–Trinajstić information content (AvgIpc) is 3.67. The van der Waals surface area contributed by atoms with E-state index in [0.29, 0.717) is 0 Å². The van der Waals surface area contributed by atoms with E-state index in [1.165, 1.54) is 84.9 Å². The van der Waals surface area contributed by atoms with E-state index in [1.807, 2.05) is 22.7 Å². The van der Waals surface area contributed by atoms with Gasteiger partial charge in [0.2, 0.25) is 0 Å². The summed E-state index contributed by atoms with van der Waals surface area (Å²) in [5.74, 6) is 0. The first-order valence-electron chi connectivity index (χ1n) is 14.9. The number of thiophene rings is 2. The van der Waals surface area contributed by atoms with Gasteiger partial charge < -0.3 is 0 Å². The largest absolute Gasteiger partial charge is 0.135 e. The second-order valence-electron chi connectivity index (χ2n) is 11.3. The summed E-state index contributed by atoms with van der Waals surface area (Å²) in [5, 5.41) is 5.36. The van der Waals surface area contributed by atoms with Gasteiger partial charge in [0.25, 0.3) is 0 Å². The predicted octanol–water partition coefficient (Wildman–Crippen LogP) is 13.1. The quantitative estimate of drug-likeness (QED) is 0.190. The van der Waals surface area contributed by atoms with Crippen molar-refractivity contribution in [3.8, 4) is 44.5 Å². The molecule has 7 aromatic carbocycles. The molecule has 0 unspecified atom stereocenters. The molecule has 2 heteroatoms. The first-order valence-corrected chi connectivity index (χ1v) is 16.6. The van der Waals surface area contributed by atoms with Crippen molar-refractivity contribution in [3.05, 3.63) is 158 Å². The van der Waals surface area contributed by atoms with Gasteiger partial charge in [-0.05, 0) is 74.8 Å². The summed E-state index contributed by atoms with van der Waals surface area (Å²) in [5.41, 5.74) is 9.97. The lowest BCUT2D eigenvalue weighted by molar-refractivity contribution is 1.58. The summed E-state index contributed by atoms with van der Waals surface area (Å²) in [6.45, 7) is 0. The maximum atomic E-state index is 2.34. The molecule has 0 atom stereocenters. The number of fused-ring (bicyclic) bond motifs is 6. The first kappa shape index (κ1) is 25.5. The maximum absolute atomic E-state index is 2.34. The summed E-state index contributed by atoms with van der Waals surface area (Å²) in [6.07, 6.45) is 0. The van der Waals surface area contributed by atoms with Crippen LogP contribution in [0.3, 0.4) is 0 Å². The Bertz CT molecular complexity index is 2490. The molecule has 0 spiro atoms. The Balaban J connectivity index is 1.04. The van der Waals surface area contributed by atoms with Crippen LogP contribution in [0.2, 0.25) is 0 Å². The van der Waals surface area contributed by atoms with Crippen LogP contribution in [0, 0.1) is 0 Å². The second-order valence-corrected chi connectivity index (χ2v) is 13.5. The molecule has 206 valence electrons. The zero-order valence-corrected chi connectivity index (χ0v) is 25.5. The third-order valence-corrected chi connectivity index (χ3v) is 11.1. The maximum Gasteiger partial charge on any atom is 0.0433 e. The molecule has 0 radical (unpaired) electrons. The molecule has 44 heavy (non-hydrogen) atoms. The van der Waals surface area contributed by atoms with Gasteiger partial charge in [0.15, 0.2) is 0 Å². The van der Waals surface area contributed by atoms with E-state index in [-0.39, 0.29) is 0 Å². The molecule has 9 rings (SSSR count). The fraction of sp³-hybridized carbons (Fsp3) is 0. The van der Waals surface area contributed by atoms with E-state index in [1.54, 1.807) is 0 Å². The van der Waals surface area contributed by atoms with Gasteiger partial charge in [0.05, 0.1) is 0 Å². The van der Waals surface area contributed by atoms with Crippen molar-refractivity contribution >= 4 is 63.0 Å². The molecule has 0 aliphatic heterocycles. The zero-order valence-electron chi connectivity index (χ0n) is 23.8. The van der Waals surface area contributed by atoms with Gasteiger partial charge >= 0.3 is 0 Å². The smallest absolute Gasteiger partial charge is 0.0433 e. The fourth-order valence-corrected chi connectivity index (χ4v) is 8.86. The third kappa shape index (κ3) is 4.26. The molecule has 0 amide bonds. The van der Waals surface area contributed by atoms with Crippen LogP contribution in [0.25, 0.3) is 84.9 Å². The van der Waals surface area contributed by atoms with Crippen LogP contribution in [-0.4, -0.2) is 0 Å². The third-order valence-electron chi connectivity index (χ3n) is 8.70. The lowest BCUT2D eigenvalue weighted by Gasteiger charge is -2.10. The van der Waals surface area contributed by atoms with Crippen LogP contribution in [0.1, 0.15) is 0 Å². The van der Waals surface area contributed by atoms with Crippen molar-refractivity contribution in [1.82, 2.24) is 0 Å². The lowest BCUT2D eigenvalue weighted by atomic mass is 9.95. The summed E-state index contributed by atoms with van der Waals surface area (Å²) >= 11 is 3.76. The summed E-state index contributed by atoms with van der Waals surface area (Å²) < 4.78 is 5.38. The highest BCUT2D eigenvalue weighted by Gasteiger charge is 2.11. The first-order chi connectivity index (χ1) is 21.8. The molecule has 0 bridgehead atoms. The van der Waals surface area contributed by atoms with Crippen LogP contribution in [0.5, 0.6) is 0 Å². The number of hydrogen-bond donors (Lipinski definition) is 0. The van der Waals surface area contributed by atoms with Crippen molar-refractivity contribution in [3.63, 3.8) is 0 Å². The summed E-state index contributed by atoms with van der Waals surface area (Å²) in [4.78, 5) is 0. The van der Waals surface area contributed by atoms with Crippen molar-refractivity contribution < 1.29 is 0 Å². The van der Waals surface area contributed by atoms with E-state index in [2.05, 4.69) is 158 Å². The SMILES string of the molecule is c1cc(-c2ccc(-c3cccc4c3sc3ccccc34)cc2)cc(-c2cccc(-c3ccc4c(c3)sc3ccccc34)c2)c1. The molecule has 0 saturated heterocycles. The fourth-order valence-electron chi connectivity index (χ4n) is 6.48. The van der Waals surface area contributed by atoms with Crippen molar-refractivity contribution in [1.29, 1.82) is 0 Å². The summed E-state index contributed by atoms with van der Waals surface area (Å²) in [6, 6.07) is 57.9. The van der Waals surface area contributed by atoms with Gasteiger partial charge in [0, 0.05) is 40.3 Å². The Labute approximate surface area is 264 Å². The molecule has 0 nitrogen and oxygen atoms in total. The predicted molar refractivity (Wildman–Crippen MR) is 194 cm³/mol. The molecule has 0 saturated carbocycles. The molecular weight excluding hydrogens is 569 g/mol. The lowest BCUT2D eigenvalue weighted by Crippen LogP contribution is -1.84. The molecule has 0 aliphatic carbocycles. The van der Waals surface area contributed by atoms with Crippen molar-refractivity contribution in [2.24, 2.45) is 0 Å². The Morgan fingerprint density at radius 1 is 0.273 bits per heavy atom. The van der Waals surface area contributed by atoms with Crippen LogP contribution >= 0.6 is 22.7 Å². The molecule has 0 N–H and O–H groups in total. The van der Waals surface area contributed by atoms with Crippen molar-refractivity contribution in [2.75, 3.05) is 0 Å². The monoisotopic (exact) mass is 594 g/mol. The van der Waals surface area contributed by atoms with Crippen molar-refractivity contribution in [2.45, 2.75) is 0 Å². The molecular formula is C42H26S2. The van der Waals surface area contributed by atoms with E-state index < -0.39 is 0 Å². The zero-order chi connectivity index (χ0) is 29.0. The Kier molecular flexibility index (Phi) is 5.97. The minimum atomic E-state index is 1.23. The van der Waals surface area contributed by atoms with Crippen LogP contribution < -0.4 is 0 Å². The standard InChI is InChI=1S/C42H26S2/c1-3-16-39-35(12-1)37-23-22-33(26-41(37)43-39)32-11-6-10-31(25-32)30-9-5-8-29(24-30)27-18-20-28(21-19-27)34-14-7-15-38-36-13-2-4-17-40(36)44-42(34)38/h1-26H. The minimum Gasteiger partial charge on any atom is -0.135 e. The van der Waals surface area contributed by atoms with E-state index in [0.717, 1.165) is 0 Å². The van der Waals surface area contributed by atoms with Gasteiger partial charge in [-0.1, -0.05) is 127 Å². The number of hydrogen-bond acceptors (Lipinski definition) is 2. The Morgan fingerprint density at radius 2 is 0.750 bits per heavy atom. The van der Waals surface area contributed by atoms with Gasteiger partial charge in [-0.2, -0.15) is 0 Å². The minimum absolute atomic E-state index is 1.23. The molecule has 2 heterocycles. The molecule has 0 fully saturated rings. The average molecular weight is 595 g/mol. The summed E-state index contributed by atoms with van der Waals surface area (Å²) in [7, 11) is 0. The number of benzene rings is 7. The molecule has 9 aromatic rings. The van der Waals surface area contributed by atoms with Crippen LogP contribution in [-0.2, 0) is 0 Å². The van der Waals surface area contributed by atoms with E-state index in [4.69, 9.17) is 0 Å².